The van der Waals surface area contributed by atoms with E-state index < -0.39 is 36.7 Å². The summed E-state index contributed by atoms with van der Waals surface area (Å²) in [5.41, 5.74) is 0.549. The molecular formula is C13H15Cl2F3N2O. The van der Waals surface area contributed by atoms with Crippen LogP contribution >= 0.6 is 24.0 Å². The second kappa shape index (κ2) is 6.85. The minimum absolute atomic E-state index is 0. The van der Waals surface area contributed by atoms with Crippen LogP contribution in [0.25, 0.3) is 0 Å². The average molecular weight is 343 g/mol. The third-order valence-corrected chi connectivity index (χ3v) is 3.49. The Bertz CT molecular complexity index is 528. The monoisotopic (exact) mass is 342 g/mol. The highest BCUT2D eigenvalue weighted by atomic mass is 35.5. The number of amides is 1. The lowest BCUT2D eigenvalue weighted by molar-refractivity contribution is -0.132. The SMILES string of the molecule is CN(Cc1ccc(Cl)c(F)c1)C(=O)C1CC(F)(F)CN1.Cl. The molecule has 2 rings (SSSR count). The first-order valence-corrected chi connectivity index (χ1v) is 6.46. The molecule has 1 amide bonds. The fourth-order valence-electron chi connectivity index (χ4n) is 2.15. The van der Waals surface area contributed by atoms with E-state index in [1.807, 2.05) is 0 Å². The molecule has 8 heteroatoms. The Morgan fingerprint density at radius 1 is 1.52 bits per heavy atom. The van der Waals surface area contributed by atoms with Gasteiger partial charge in [-0.25, -0.2) is 13.2 Å². The summed E-state index contributed by atoms with van der Waals surface area (Å²) in [6.45, 7) is -0.358. The third kappa shape index (κ3) is 4.49. The molecule has 3 nitrogen and oxygen atoms in total. The van der Waals surface area contributed by atoms with Crippen molar-refractivity contribution < 1.29 is 18.0 Å². The van der Waals surface area contributed by atoms with Crippen molar-refractivity contribution >= 4 is 29.9 Å². The average Bonchev–Trinajstić information content (AvgIpc) is 2.73. The van der Waals surface area contributed by atoms with Gasteiger partial charge in [0.1, 0.15) is 5.82 Å². The van der Waals surface area contributed by atoms with Crippen molar-refractivity contribution in [3.8, 4) is 0 Å². The molecule has 0 radical (unpaired) electrons. The minimum atomic E-state index is -2.85. The van der Waals surface area contributed by atoms with E-state index in [0.29, 0.717) is 5.56 Å². The van der Waals surface area contributed by atoms with Crippen LogP contribution in [0.1, 0.15) is 12.0 Å². The first-order valence-electron chi connectivity index (χ1n) is 6.08. The summed E-state index contributed by atoms with van der Waals surface area (Å²) in [6, 6.07) is 3.31. The van der Waals surface area contributed by atoms with Gasteiger partial charge >= 0.3 is 0 Å². The molecule has 1 aromatic carbocycles. The van der Waals surface area contributed by atoms with E-state index in [4.69, 9.17) is 11.6 Å². The molecule has 1 saturated heterocycles. The summed E-state index contributed by atoms with van der Waals surface area (Å²) in [6.07, 6.45) is -0.509. The first-order chi connectivity index (χ1) is 9.28. The van der Waals surface area contributed by atoms with Crippen molar-refractivity contribution in [3.05, 3.63) is 34.6 Å². The van der Waals surface area contributed by atoms with Gasteiger partial charge in [-0.15, -0.1) is 12.4 Å². The molecule has 1 heterocycles. The highest BCUT2D eigenvalue weighted by Crippen LogP contribution is 2.26. The van der Waals surface area contributed by atoms with Crippen molar-refractivity contribution in [1.29, 1.82) is 0 Å². The number of alkyl halides is 2. The van der Waals surface area contributed by atoms with Crippen molar-refractivity contribution in [1.82, 2.24) is 10.2 Å². The maximum absolute atomic E-state index is 13.3. The molecule has 1 unspecified atom stereocenters. The normalized spacial score (nSPS) is 20.0. The summed E-state index contributed by atoms with van der Waals surface area (Å²) in [5, 5.41) is 2.50. The van der Waals surface area contributed by atoms with E-state index in [1.54, 1.807) is 6.07 Å². The second-order valence-corrected chi connectivity index (χ2v) is 5.34. The largest absolute Gasteiger partial charge is 0.340 e. The van der Waals surface area contributed by atoms with Gasteiger partial charge in [0.25, 0.3) is 5.92 Å². The number of benzene rings is 1. The number of likely N-dealkylation sites (N-methyl/N-ethyl adjacent to an activating group) is 1. The molecule has 0 spiro atoms. The smallest absolute Gasteiger partial charge is 0.262 e. The number of nitrogens with zero attached hydrogens (tertiary/aromatic N) is 1. The summed E-state index contributed by atoms with van der Waals surface area (Å²) >= 11 is 5.57. The van der Waals surface area contributed by atoms with Crippen LogP contribution in [-0.2, 0) is 11.3 Å². The number of hydrogen-bond acceptors (Lipinski definition) is 2. The van der Waals surface area contributed by atoms with Gasteiger partial charge in [0, 0.05) is 20.0 Å². The van der Waals surface area contributed by atoms with Crippen LogP contribution in [0.4, 0.5) is 13.2 Å². The first kappa shape index (κ1) is 18.1. The van der Waals surface area contributed by atoms with Gasteiger partial charge in [-0.2, -0.15) is 0 Å². The number of nitrogens with one attached hydrogen (secondary N) is 1. The number of carbonyl (C=O) groups excluding carboxylic acids is 1. The highest BCUT2D eigenvalue weighted by Gasteiger charge is 2.43. The molecule has 1 aliphatic rings. The topological polar surface area (TPSA) is 32.3 Å². The van der Waals surface area contributed by atoms with Gasteiger partial charge in [-0.05, 0) is 17.7 Å². The van der Waals surface area contributed by atoms with Gasteiger partial charge in [0.2, 0.25) is 5.91 Å². The van der Waals surface area contributed by atoms with Gasteiger partial charge in [0.05, 0.1) is 17.6 Å². The number of hydrogen-bond donors (Lipinski definition) is 1. The quantitative estimate of drug-likeness (QED) is 0.915. The van der Waals surface area contributed by atoms with Crippen molar-refractivity contribution in [3.63, 3.8) is 0 Å². The Balaban J connectivity index is 0.00000220. The third-order valence-electron chi connectivity index (χ3n) is 3.19. The molecular weight excluding hydrogens is 328 g/mol. The Morgan fingerprint density at radius 3 is 2.71 bits per heavy atom. The van der Waals surface area contributed by atoms with Crippen LogP contribution in [0.5, 0.6) is 0 Å². The lowest BCUT2D eigenvalue weighted by Gasteiger charge is -2.21. The number of rotatable bonds is 3. The summed E-state index contributed by atoms with van der Waals surface area (Å²) < 4.78 is 39.4. The van der Waals surface area contributed by atoms with Crippen LogP contribution < -0.4 is 5.32 Å². The Labute approximate surface area is 131 Å². The molecule has 21 heavy (non-hydrogen) atoms. The lowest BCUT2D eigenvalue weighted by atomic mass is 10.1. The van der Waals surface area contributed by atoms with Gasteiger partial charge in [-0.1, -0.05) is 17.7 Å². The van der Waals surface area contributed by atoms with Crippen LogP contribution in [0, 0.1) is 5.82 Å². The van der Waals surface area contributed by atoms with E-state index in [1.165, 1.54) is 24.1 Å². The highest BCUT2D eigenvalue weighted by molar-refractivity contribution is 6.30. The molecule has 0 bridgehead atoms. The van der Waals surface area contributed by atoms with Crippen LogP contribution in [0.3, 0.4) is 0 Å². The molecule has 1 aromatic rings. The van der Waals surface area contributed by atoms with Crippen LogP contribution in [-0.4, -0.2) is 36.4 Å². The van der Waals surface area contributed by atoms with Gasteiger partial charge in [0.15, 0.2) is 0 Å². The van der Waals surface area contributed by atoms with E-state index in [-0.39, 0.29) is 24.0 Å². The van der Waals surface area contributed by atoms with E-state index in [2.05, 4.69) is 5.32 Å². The van der Waals surface area contributed by atoms with E-state index in [0.717, 1.165) is 0 Å². The second-order valence-electron chi connectivity index (χ2n) is 4.94. The Kier molecular flexibility index (Phi) is 5.90. The maximum Gasteiger partial charge on any atom is 0.262 e. The van der Waals surface area contributed by atoms with Gasteiger partial charge < -0.3 is 4.90 Å². The fraction of sp³-hybridized carbons (Fsp3) is 0.462. The summed E-state index contributed by atoms with van der Waals surface area (Å²) in [5.74, 6) is -3.86. The van der Waals surface area contributed by atoms with Crippen LogP contribution in [0.2, 0.25) is 5.02 Å². The van der Waals surface area contributed by atoms with E-state index in [9.17, 15) is 18.0 Å². The molecule has 1 N–H and O–H groups in total. The zero-order chi connectivity index (χ0) is 14.9. The van der Waals surface area contributed by atoms with Crippen LogP contribution in [0.15, 0.2) is 18.2 Å². The number of halogens is 5. The van der Waals surface area contributed by atoms with Crippen molar-refractivity contribution in [2.75, 3.05) is 13.6 Å². The Hall–Kier alpha value is -0.980. The molecule has 1 aliphatic heterocycles. The molecule has 1 atom stereocenters. The van der Waals surface area contributed by atoms with Crippen molar-refractivity contribution in [2.45, 2.75) is 24.9 Å². The van der Waals surface area contributed by atoms with E-state index >= 15 is 0 Å². The number of carbonyl (C=O) groups is 1. The summed E-state index contributed by atoms with van der Waals surface area (Å²) in [7, 11) is 1.49. The standard InChI is InChI=1S/C13H14ClF3N2O.ClH/c1-19(6-8-2-3-9(14)10(15)4-8)12(20)11-5-13(16,17)7-18-11;/h2-4,11,18H,5-7H2,1H3;1H. The zero-order valence-corrected chi connectivity index (χ0v) is 12.8. The molecule has 0 saturated carbocycles. The molecule has 0 aromatic heterocycles. The predicted octanol–water partition coefficient (Wildman–Crippen LogP) is 2.86. The predicted molar refractivity (Wildman–Crippen MR) is 76.5 cm³/mol. The fourth-order valence-corrected chi connectivity index (χ4v) is 2.26. The summed E-state index contributed by atoms with van der Waals surface area (Å²) in [4.78, 5) is 13.3. The maximum atomic E-state index is 13.3. The molecule has 118 valence electrons. The lowest BCUT2D eigenvalue weighted by Crippen LogP contribution is -2.41. The van der Waals surface area contributed by atoms with Gasteiger partial charge in [-0.3, -0.25) is 10.1 Å². The van der Waals surface area contributed by atoms with Crippen molar-refractivity contribution in [2.24, 2.45) is 0 Å². The molecule has 0 aliphatic carbocycles. The molecule has 1 fully saturated rings. The zero-order valence-electron chi connectivity index (χ0n) is 11.2. The minimum Gasteiger partial charge on any atom is -0.340 e. The Morgan fingerprint density at radius 2 is 2.19 bits per heavy atom.